The fourth-order valence-electron chi connectivity index (χ4n) is 2.64. The predicted molar refractivity (Wildman–Crippen MR) is 105 cm³/mol. The molecule has 0 heterocycles. The zero-order valence-electron chi connectivity index (χ0n) is 15.7. The summed E-state index contributed by atoms with van der Waals surface area (Å²) in [5, 5.41) is 5.60. The number of nitrogens with zero attached hydrogens (tertiary/aromatic N) is 1. The highest BCUT2D eigenvalue weighted by Crippen LogP contribution is 2.13. The van der Waals surface area contributed by atoms with Crippen LogP contribution in [0.4, 0.5) is 5.69 Å². The minimum Gasteiger partial charge on any atom is -0.341 e. The van der Waals surface area contributed by atoms with Crippen molar-refractivity contribution in [3.63, 3.8) is 0 Å². The minimum atomic E-state index is -0.630. The smallest absolute Gasteiger partial charge is 0.251 e. The van der Waals surface area contributed by atoms with E-state index in [-0.39, 0.29) is 11.8 Å². The van der Waals surface area contributed by atoms with Gasteiger partial charge in [-0.05, 0) is 49.8 Å². The van der Waals surface area contributed by atoms with Gasteiger partial charge in [0.2, 0.25) is 5.91 Å². The Hall–Kier alpha value is -2.66. The third-order valence-corrected chi connectivity index (χ3v) is 4.27. The van der Waals surface area contributed by atoms with Crippen molar-refractivity contribution in [1.29, 1.82) is 0 Å². The Balaban J connectivity index is 1.95. The molecule has 0 fully saturated rings. The first-order valence-corrected chi connectivity index (χ1v) is 9.01. The van der Waals surface area contributed by atoms with Gasteiger partial charge in [0.05, 0.1) is 0 Å². The number of hydrogen-bond acceptors (Lipinski definition) is 3. The average molecular weight is 353 g/mol. The van der Waals surface area contributed by atoms with E-state index in [1.54, 1.807) is 31.2 Å². The Morgan fingerprint density at radius 1 is 1.00 bits per heavy atom. The van der Waals surface area contributed by atoms with Crippen molar-refractivity contribution in [1.82, 2.24) is 10.2 Å². The van der Waals surface area contributed by atoms with Crippen molar-refractivity contribution in [2.45, 2.75) is 33.4 Å². The Kier molecular flexibility index (Phi) is 7.36. The summed E-state index contributed by atoms with van der Waals surface area (Å²) in [5.41, 5.74) is 2.42. The van der Waals surface area contributed by atoms with Crippen molar-refractivity contribution in [3.05, 3.63) is 65.7 Å². The molecular formula is C21H27N3O2. The molecule has 2 rings (SSSR count). The van der Waals surface area contributed by atoms with E-state index in [2.05, 4.69) is 35.4 Å². The van der Waals surface area contributed by atoms with Crippen LogP contribution in [0.3, 0.4) is 0 Å². The Labute approximate surface area is 155 Å². The van der Waals surface area contributed by atoms with Crippen LogP contribution < -0.4 is 10.6 Å². The molecule has 0 aliphatic rings. The predicted octanol–water partition coefficient (Wildman–Crippen LogP) is 3.29. The molecule has 2 amide bonds. The zero-order valence-corrected chi connectivity index (χ0v) is 15.7. The first-order valence-electron chi connectivity index (χ1n) is 9.01. The normalized spacial score (nSPS) is 11.8. The van der Waals surface area contributed by atoms with Gasteiger partial charge in [-0.1, -0.05) is 44.2 Å². The summed E-state index contributed by atoms with van der Waals surface area (Å²) < 4.78 is 0. The maximum atomic E-state index is 12.4. The van der Waals surface area contributed by atoms with Gasteiger partial charge in [-0.3, -0.25) is 14.5 Å². The third-order valence-electron chi connectivity index (χ3n) is 4.27. The van der Waals surface area contributed by atoms with Gasteiger partial charge < -0.3 is 10.6 Å². The van der Waals surface area contributed by atoms with Gasteiger partial charge in [-0.25, -0.2) is 0 Å². The summed E-state index contributed by atoms with van der Waals surface area (Å²) in [6.45, 7) is 8.75. The lowest BCUT2D eigenvalue weighted by atomic mass is 10.1. The molecule has 0 bridgehead atoms. The molecule has 2 aromatic carbocycles. The maximum absolute atomic E-state index is 12.4. The van der Waals surface area contributed by atoms with Gasteiger partial charge in [0.1, 0.15) is 6.04 Å². The van der Waals surface area contributed by atoms with Crippen LogP contribution in [0.15, 0.2) is 54.6 Å². The number of carbonyl (C=O) groups is 2. The van der Waals surface area contributed by atoms with E-state index in [9.17, 15) is 9.59 Å². The molecule has 0 spiro atoms. The third kappa shape index (κ3) is 5.70. The number of anilines is 1. The standard InChI is InChI=1S/C21H27N3O2/c1-4-24(5-2)15-17-10-9-13-19(14-17)23-20(25)16(3)22-21(26)18-11-7-6-8-12-18/h6-14,16H,4-5,15H2,1-3H3,(H,22,26)(H,23,25). The molecule has 0 aliphatic heterocycles. The number of nitrogens with one attached hydrogen (secondary N) is 2. The molecule has 0 aliphatic carbocycles. The Morgan fingerprint density at radius 3 is 2.35 bits per heavy atom. The monoisotopic (exact) mass is 353 g/mol. The van der Waals surface area contributed by atoms with Crippen molar-refractivity contribution in [2.75, 3.05) is 18.4 Å². The minimum absolute atomic E-state index is 0.241. The lowest BCUT2D eigenvalue weighted by Crippen LogP contribution is -2.41. The molecule has 1 atom stereocenters. The molecule has 26 heavy (non-hydrogen) atoms. The van der Waals surface area contributed by atoms with Crippen LogP contribution in [-0.2, 0) is 11.3 Å². The molecule has 5 nitrogen and oxygen atoms in total. The summed E-state index contributed by atoms with van der Waals surface area (Å²) >= 11 is 0. The van der Waals surface area contributed by atoms with E-state index >= 15 is 0 Å². The Bertz CT molecular complexity index is 727. The zero-order chi connectivity index (χ0) is 18.9. The highest BCUT2D eigenvalue weighted by Gasteiger charge is 2.16. The molecule has 0 saturated carbocycles. The number of carbonyl (C=O) groups excluding carboxylic acids is 2. The van der Waals surface area contributed by atoms with Crippen LogP contribution in [0.1, 0.15) is 36.7 Å². The second kappa shape index (κ2) is 9.73. The molecule has 0 aromatic heterocycles. The largest absolute Gasteiger partial charge is 0.341 e. The lowest BCUT2D eigenvalue weighted by Gasteiger charge is -2.19. The second-order valence-electron chi connectivity index (χ2n) is 6.21. The van der Waals surface area contributed by atoms with Gasteiger partial charge in [0.15, 0.2) is 0 Å². The molecule has 2 N–H and O–H groups in total. The van der Waals surface area contributed by atoms with Gasteiger partial charge in [0, 0.05) is 17.8 Å². The van der Waals surface area contributed by atoms with Crippen LogP contribution in [0.2, 0.25) is 0 Å². The van der Waals surface area contributed by atoms with Crippen molar-refractivity contribution in [3.8, 4) is 0 Å². The highest BCUT2D eigenvalue weighted by atomic mass is 16.2. The Morgan fingerprint density at radius 2 is 1.69 bits per heavy atom. The lowest BCUT2D eigenvalue weighted by molar-refractivity contribution is -0.117. The van der Waals surface area contributed by atoms with E-state index in [0.29, 0.717) is 5.56 Å². The van der Waals surface area contributed by atoms with Crippen LogP contribution in [0, 0.1) is 0 Å². The molecule has 5 heteroatoms. The van der Waals surface area contributed by atoms with E-state index in [4.69, 9.17) is 0 Å². The molecule has 2 aromatic rings. The second-order valence-corrected chi connectivity index (χ2v) is 6.21. The van der Waals surface area contributed by atoms with Gasteiger partial charge >= 0.3 is 0 Å². The fourth-order valence-corrected chi connectivity index (χ4v) is 2.64. The number of rotatable bonds is 8. The highest BCUT2D eigenvalue weighted by molar-refractivity contribution is 6.00. The number of benzene rings is 2. The van der Waals surface area contributed by atoms with Crippen LogP contribution in [0.25, 0.3) is 0 Å². The van der Waals surface area contributed by atoms with E-state index in [0.717, 1.165) is 30.9 Å². The average Bonchev–Trinajstić information content (AvgIpc) is 2.67. The fraction of sp³-hybridized carbons (Fsp3) is 0.333. The van der Waals surface area contributed by atoms with Gasteiger partial charge in [-0.15, -0.1) is 0 Å². The molecular weight excluding hydrogens is 326 g/mol. The molecule has 0 saturated heterocycles. The van der Waals surface area contributed by atoms with Crippen molar-refractivity contribution >= 4 is 17.5 Å². The first-order chi connectivity index (χ1) is 12.5. The molecule has 1 unspecified atom stereocenters. The first kappa shape index (κ1) is 19.7. The van der Waals surface area contributed by atoms with Crippen LogP contribution in [-0.4, -0.2) is 35.8 Å². The van der Waals surface area contributed by atoms with E-state index in [1.165, 1.54) is 0 Å². The summed E-state index contributed by atoms with van der Waals surface area (Å²) in [5.74, 6) is -0.502. The SMILES string of the molecule is CCN(CC)Cc1cccc(NC(=O)C(C)NC(=O)c2ccccc2)c1. The topological polar surface area (TPSA) is 61.4 Å². The summed E-state index contributed by atoms with van der Waals surface area (Å²) in [6.07, 6.45) is 0. The number of amides is 2. The van der Waals surface area contributed by atoms with E-state index in [1.807, 2.05) is 24.3 Å². The summed E-state index contributed by atoms with van der Waals surface area (Å²) in [6, 6.07) is 16.1. The van der Waals surface area contributed by atoms with Gasteiger partial charge in [-0.2, -0.15) is 0 Å². The van der Waals surface area contributed by atoms with E-state index < -0.39 is 6.04 Å². The van der Waals surface area contributed by atoms with Crippen molar-refractivity contribution < 1.29 is 9.59 Å². The van der Waals surface area contributed by atoms with Gasteiger partial charge in [0.25, 0.3) is 5.91 Å². The van der Waals surface area contributed by atoms with Crippen LogP contribution in [0.5, 0.6) is 0 Å². The molecule has 138 valence electrons. The van der Waals surface area contributed by atoms with Crippen LogP contribution >= 0.6 is 0 Å². The van der Waals surface area contributed by atoms with Crippen molar-refractivity contribution in [2.24, 2.45) is 0 Å². The maximum Gasteiger partial charge on any atom is 0.251 e. The number of hydrogen-bond donors (Lipinski definition) is 2. The summed E-state index contributed by atoms with van der Waals surface area (Å²) in [4.78, 5) is 26.9. The molecule has 0 radical (unpaired) electrons. The summed E-state index contributed by atoms with van der Waals surface area (Å²) in [7, 11) is 0. The quantitative estimate of drug-likeness (QED) is 0.765.